The molecule has 0 unspecified atom stereocenters. The third-order valence-electron chi connectivity index (χ3n) is 6.69. The second kappa shape index (κ2) is 6.40. The predicted octanol–water partition coefficient (Wildman–Crippen LogP) is 3.23. The zero-order valence-corrected chi connectivity index (χ0v) is 17.7. The van der Waals surface area contributed by atoms with Gasteiger partial charge in [0.1, 0.15) is 5.54 Å². The fourth-order valence-electron chi connectivity index (χ4n) is 5.32. The van der Waals surface area contributed by atoms with E-state index >= 15 is 0 Å². The number of hydrogen-bond acceptors (Lipinski definition) is 4. The second-order valence-corrected chi connectivity index (χ2v) is 9.10. The molecule has 3 amide bonds. The molecular formula is C23H22ClN3O3. The lowest BCUT2D eigenvalue weighted by atomic mass is 9.76. The Morgan fingerprint density at radius 3 is 2.53 bits per heavy atom. The van der Waals surface area contributed by atoms with Crippen LogP contribution >= 0.6 is 11.6 Å². The van der Waals surface area contributed by atoms with Crippen molar-refractivity contribution in [3.05, 3.63) is 58.6 Å². The Morgan fingerprint density at radius 2 is 1.80 bits per heavy atom. The largest absolute Gasteiger partial charge is 0.324 e. The number of anilines is 2. The van der Waals surface area contributed by atoms with Crippen LogP contribution < -0.4 is 15.5 Å². The Kier molecular flexibility index (Phi) is 4.11. The first kappa shape index (κ1) is 19.3. The zero-order chi connectivity index (χ0) is 21.4. The molecule has 3 heterocycles. The summed E-state index contributed by atoms with van der Waals surface area (Å²) in [7, 11) is 0. The molecule has 4 atom stereocenters. The van der Waals surface area contributed by atoms with E-state index in [0.29, 0.717) is 16.4 Å². The first-order valence-corrected chi connectivity index (χ1v) is 10.5. The molecule has 0 radical (unpaired) electrons. The van der Waals surface area contributed by atoms with Gasteiger partial charge in [0, 0.05) is 22.3 Å². The van der Waals surface area contributed by atoms with Gasteiger partial charge < -0.3 is 5.32 Å². The van der Waals surface area contributed by atoms with Crippen LogP contribution in [0.2, 0.25) is 5.02 Å². The van der Waals surface area contributed by atoms with Crippen LogP contribution in [-0.4, -0.2) is 23.8 Å². The van der Waals surface area contributed by atoms with E-state index in [0.717, 1.165) is 11.1 Å². The molecule has 3 aliphatic heterocycles. The summed E-state index contributed by atoms with van der Waals surface area (Å²) in [4.78, 5) is 42.0. The van der Waals surface area contributed by atoms with Crippen LogP contribution in [0.25, 0.3) is 0 Å². The highest BCUT2D eigenvalue weighted by Gasteiger charge is 2.71. The number of carbonyl (C=O) groups excluding carboxylic acids is 3. The SMILES string of the molecule is Cc1ccc(Cl)cc1N1C(=O)[C@H]2[C@@H](C1=O)[C@]1(N[C@H]2C(C)C)C(=O)Nc2ccccc21. The number of carbonyl (C=O) groups is 3. The van der Waals surface area contributed by atoms with E-state index in [2.05, 4.69) is 10.6 Å². The molecular weight excluding hydrogens is 402 g/mol. The number of rotatable bonds is 2. The van der Waals surface area contributed by atoms with Gasteiger partial charge in [-0.2, -0.15) is 0 Å². The average molecular weight is 424 g/mol. The highest BCUT2D eigenvalue weighted by molar-refractivity contribution is 6.32. The van der Waals surface area contributed by atoms with Gasteiger partial charge in [0.2, 0.25) is 17.7 Å². The lowest BCUT2D eigenvalue weighted by molar-refractivity contribution is -0.130. The zero-order valence-electron chi connectivity index (χ0n) is 16.9. The van der Waals surface area contributed by atoms with Crippen LogP contribution in [0.4, 0.5) is 11.4 Å². The summed E-state index contributed by atoms with van der Waals surface area (Å²) in [5.41, 5.74) is 1.40. The molecule has 154 valence electrons. The van der Waals surface area contributed by atoms with E-state index in [9.17, 15) is 14.4 Å². The van der Waals surface area contributed by atoms with Crippen molar-refractivity contribution in [1.82, 2.24) is 5.32 Å². The first-order chi connectivity index (χ1) is 14.3. The summed E-state index contributed by atoms with van der Waals surface area (Å²) in [6.45, 7) is 5.83. The minimum atomic E-state index is -1.26. The molecule has 5 rings (SSSR count). The molecule has 2 fully saturated rings. The summed E-state index contributed by atoms with van der Waals surface area (Å²) < 4.78 is 0. The molecule has 1 spiro atoms. The molecule has 0 aromatic heterocycles. The van der Waals surface area contributed by atoms with Gasteiger partial charge in [0.15, 0.2) is 0 Å². The molecule has 2 aromatic rings. The molecule has 0 aliphatic carbocycles. The van der Waals surface area contributed by atoms with Crippen LogP contribution in [0, 0.1) is 24.7 Å². The summed E-state index contributed by atoms with van der Waals surface area (Å²) >= 11 is 6.18. The monoisotopic (exact) mass is 423 g/mol. The minimum absolute atomic E-state index is 0.0506. The van der Waals surface area contributed by atoms with Crippen LogP contribution in [0.1, 0.15) is 25.0 Å². The highest BCUT2D eigenvalue weighted by Crippen LogP contribution is 2.54. The minimum Gasteiger partial charge on any atom is -0.324 e. The molecule has 7 heteroatoms. The fourth-order valence-corrected chi connectivity index (χ4v) is 5.49. The van der Waals surface area contributed by atoms with E-state index in [1.807, 2.05) is 45.0 Å². The Bertz CT molecular complexity index is 1110. The lowest BCUT2D eigenvalue weighted by Gasteiger charge is -2.30. The van der Waals surface area contributed by atoms with Crippen molar-refractivity contribution in [3.8, 4) is 0 Å². The van der Waals surface area contributed by atoms with Crippen molar-refractivity contribution in [2.75, 3.05) is 10.2 Å². The van der Waals surface area contributed by atoms with Crippen LogP contribution in [0.5, 0.6) is 0 Å². The van der Waals surface area contributed by atoms with Crippen LogP contribution in [0.3, 0.4) is 0 Å². The molecule has 2 N–H and O–H groups in total. The molecule has 3 aliphatic rings. The Balaban J connectivity index is 1.71. The normalized spacial score (nSPS) is 29.7. The number of aryl methyl sites for hydroxylation is 1. The lowest BCUT2D eigenvalue weighted by Crippen LogP contribution is -2.54. The maximum atomic E-state index is 13.8. The first-order valence-electron chi connectivity index (χ1n) is 10.1. The topological polar surface area (TPSA) is 78.5 Å². The highest BCUT2D eigenvalue weighted by atomic mass is 35.5. The summed E-state index contributed by atoms with van der Waals surface area (Å²) in [5, 5.41) is 6.78. The Morgan fingerprint density at radius 1 is 1.07 bits per heavy atom. The van der Waals surface area contributed by atoms with E-state index in [4.69, 9.17) is 11.6 Å². The van der Waals surface area contributed by atoms with E-state index in [-0.39, 0.29) is 29.7 Å². The second-order valence-electron chi connectivity index (χ2n) is 8.67. The number of para-hydroxylation sites is 1. The van der Waals surface area contributed by atoms with E-state index in [1.54, 1.807) is 18.2 Å². The van der Waals surface area contributed by atoms with Gasteiger partial charge in [0.25, 0.3) is 0 Å². The van der Waals surface area contributed by atoms with Crippen molar-refractivity contribution in [2.24, 2.45) is 17.8 Å². The Hall–Kier alpha value is -2.70. The van der Waals surface area contributed by atoms with Crippen LogP contribution in [0.15, 0.2) is 42.5 Å². The fraction of sp³-hybridized carbons (Fsp3) is 0.348. The number of nitrogens with one attached hydrogen (secondary N) is 2. The average Bonchev–Trinajstić information content (AvgIpc) is 3.29. The maximum absolute atomic E-state index is 13.8. The van der Waals surface area contributed by atoms with Crippen molar-refractivity contribution in [1.29, 1.82) is 0 Å². The van der Waals surface area contributed by atoms with Gasteiger partial charge in [-0.25, -0.2) is 4.90 Å². The summed E-state index contributed by atoms with van der Waals surface area (Å²) in [6.07, 6.45) is 0. The smallest absolute Gasteiger partial charge is 0.250 e. The van der Waals surface area contributed by atoms with Crippen molar-refractivity contribution in [3.63, 3.8) is 0 Å². The number of imide groups is 1. The molecule has 30 heavy (non-hydrogen) atoms. The predicted molar refractivity (Wildman–Crippen MR) is 114 cm³/mol. The van der Waals surface area contributed by atoms with Gasteiger partial charge in [-0.3, -0.25) is 19.7 Å². The third kappa shape index (κ3) is 2.32. The number of amides is 3. The van der Waals surface area contributed by atoms with Gasteiger partial charge in [0.05, 0.1) is 17.5 Å². The quantitative estimate of drug-likeness (QED) is 0.727. The summed E-state index contributed by atoms with van der Waals surface area (Å²) in [6, 6.07) is 12.2. The number of hydrogen-bond donors (Lipinski definition) is 2. The molecule has 0 saturated carbocycles. The molecule has 2 saturated heterocycles. The van der Waals surface area contributed by atoms with Gasteiger partial charge in [-0.1, -0.05) is 49.7 Å². The van der Waals surface area contributed by atoms with Gasteiger partial charge in [-0.05, 0) is 36.6 Å². The molecule has 0 bridgehead atoms. The third-order valence-corrected chi connectivity index (χ3v) is 6.92. The van der Waals surface area contributed by atoms with E-state index in [1.165, 1.54) is 4.90 Å². The van der Waals surface area contributed by atoms with E-state index < -0.39 is 17.4 Å². The number of nitrogens with zero attached hydrogens (tertiary/aromatic N) is 1. The number of halogens is 1. The van der Waals surface area contributed by atoms with Gasteiger partial charge >= 0.3 is 0 Å². The summed E-state index contributed by atoms with van der Waals surface area (Å²) in [5.74, 6) is -2.33. The maximum Gasteiger partial charge on any atom is 0.250 e. The number of benzene rings is 2. The Labute approximate surface area is 179 Å². The van der Waals surface area contributed by atoms with Crippen molar-refractivity contribution < 1.29 is 14.4 Å². The number of fused-ring (bicyclic) bond motifs is 4. The van der Waals surface area contributed by atoms with Crippen molar-refractivity contribution >= 4 is 40.7 Å². The van der Waals surface area contributed by atoms with Crippen LogP contribution in [-0.2, 0) is 19.9 Å². The van der Waals surface area contributed by atoms with Gasteiger partial charge in [-0.15, -0.1) is 0 Å². The van der Waals surface area contributed by atoms with Crippen molar-refractivity contribution in [2.45, 2.75) is 32.4 Å². The molecule has 2 aromatic carbocycles. The standard InChI is InChI=1S/C23H22ClN3O3/c1-11(2)19-17-18(23(26-19)14-6-4-5-7-15(14)25-22(23)30)21(29)27(20(17)28)16-10-13(24)9-8-12(16)3/h4-11,17-19,26H,1-3H3,(H,25,30)/t17-,18-,19-,23-/m0/s1. The molecule has 6 nitrogen and oxygen atoms in total.